The minimum atomic E-state index is -0.133. The summed E-state index contributed by atoms with van der Waals surface area (Å²) in [4.78, 5) is 17.3. The van der Waals surface area contributed by atoms with Crippen LogP contribution >= 0.6 is 11.8 Å². The molecular formula is C56H39N3S. The van der Waals surface area contributed by atoms with Crippen LogP contribution < -0.4 is 0 Å². The van der Waals surface area contributed by atoms with Crippen molar-refractivity contribution in [2.24, 2.45) is 0 Å². The fourth-order valence-electron chi connectivity index (χ4n) is 8.91. The molecule has 0 saturated carbocycles. The van der Waals surface area contributed by atoms with E-state index in [0.29, 0.717) is 5.82 Å². The zero-order chi connectivity index (χ0) is 40.2. The Morgan fingerprint density at radius 3 is 1.85 bits per heavy atom. The molecule has 3 heterocycles. The molecule has 11 rings (SSSR count). The first-order valence-electron chi connectivity index (χ1n) is 20.4. The Hall–Kier alpha value is -7.14. The van der Waals surface area contributed by atoms with Crippen LogP contribution in [0.5, 0.6) is 0 Å². The Balaban J connectivity index is 1.13. The molecule has 1 aliphatic carbocycles. The fraction of sp³-hybridized carbons (Fsp3) is 0.0536. The van der Waals surface area contributed by atoms with Gasteiger partial charge >= 0.3 is 0 Å². The number of rotatable bonds is 4. The lowest BCUT2D eigenvalue weighted by atomic mass is 9.82. The number of benzene rings is 7. The van der Waals surface area contributed by atoms with E-state index >= 15 is 0 Å². The van der Waals surface area contributed by atoms with Crippen LogP contribution in [0.4, 0.5) is 0 Å². The quantitative estimate of drug-likeness (QED) is 0.178. The van der Waals surface area contributed by atoms with Gasteiger partial charge in [-0.2, -0.15) is 0 Å². The summed E-state index contributed by atoms with van der Waals surface area (Å²) in [7, 11) is 0. The molecule has 3 nitrogen and oxygen atoms in total. The SMILES string of the molecule is CC1(C)c2ccccc2-c2cc3c(cc21)Sc1ccccc1-c1ccccc1/C=C\c1ccc(-c2cc(-c4ccccc4)nc(-c4ccc(-c5cccnc5)cc4)n2)cc1-3. The van der Waals surface area contributed by atoms with Crippen molar-refractivity contribution in [1.29, 1.82) is 0 Å². The summed E-state index contributed by atoms with van der Waals surface area (Å²) in [5, 5.41) is 0. The molecule has 0 radical (unpaired) electrons. The molecule has 0 saturated heterocycles. The minimum absolute atomic E-state index is 0.133. The summed E-state index contributed by atoms with van der Waals surface area (Å²) in [6.45, 7) is 4.73. The van der Waals surface area contributed by atoms with Gasteiger partial charge in [0.2, 0.25) is 0 Å². The number of fused-ring (bicyclic) bond motifs is 9. The molecule has 4 heteroatoms. The van der Waals surface area contributed by atoms with Crippen molar-refractivity contribution >= 4 is 23.9 Å². The van der Waals surface area contributed by atoms with E-state index in [1.807, 2.05) is 30.1 Å². The van der Waals surface area contributed by atoms with E-state index in [-0.39, 0.29) is 5.41 Å². The van der Waals surface area contributed by atoms with Gasteiger partial charge in [-0.15, -0.1) is 0 Å². The molecule has 9 aromatic rings. The maximum absolute atomic E-state index is 5.32. The van der Waals surface area contributed by atoms with E-state index < -0.39 is 0 Å². The zero-order valence-electron chi connectivity index (χ0n) is 33.3. The van der Waals surface area contributed by atoms with Gasteiger partial charge in [0.25, 0.3) is 0 Å². The second-order valence-corrected chi connectivity index (χ2v) is 17.1. The minimum Gasteiger partial charge on any atom is -0.264 e. The average molecular weight is 786 g/mol. The van der Waals surface area contributed by atoms with Gasteiger partial charge in [-0.25, -0.2) is 9.97 Å². The van der Waals surface area contributed by atoms with E-state index in [2.05, 4.69) is 195 Å². The van der Waals surface area contributed by atoms with E-state index in [9.17, 15) is 0 Å². The molecule has 0 amide bonds. The molecule has 0 N–H and O–H groups in total. The third-order valence-corrected chi connectivity index (χ3v) is 13.2. The van der Waals surface area contributed by atoms with Crippen LogP contribution in [-0.4, -0.2) is 15.0 Å². The Bertz CT molecular complexity index is 3130. The molecule has 0 atom stereocenters. The monoisotopic (exact) mass is 785 g/mol. The molecule has 0 bridgehead atoms. The number of pyridine rings is 1. The fourth-order valence-corrected chi connectivity index (χ4v) is 10.0. The van der Waals surface area contributed by atoms with Crippen LogP contribution in [0.1, 0.15) is 36.1 Å². The maximum atomic E-state index is 5.32. The van der Waals surface area contributed by atoms with Crippen LogP contribution in [0.2, 0.25) is 0 Å². The van der Waals surface area contributed by atoms with Gasteiger partial charge in [-0.05, 0) is 103 Å². The first-order chi connectivity index (χ1) is 29.5. The summed E-state index contributed by atoms with van der Waals surface area (Å²) in [6, 6.07) is 63.3. The smallest absolute Gasteiger partial charge is 0.160 e. The van der Waals surface area contributed by atoms with Crippen LogP contribution in [0.25, 0.3) is 90.6 Å². The Morgan fingerprint density at radius 2 is 1.05 bits per heavy atom. The summed E-state index contributed by atoms with van der Waals surface area (Å²) in [6.07, 6.45) is 8.25. The molecular weight excluding hydrogens is 747 g/mol. The molecule has 2 aromatic heterocycles. The van der Waals surface area contributed by atoms with Crippen molar-refractivity contribution in [2.75, 3.05) is 0 Å². The molecule has 7 aromatic carbocycles. The summed E-state index contributed by atoms with van der Waals surface area (Å²) < 4.78 is 0. The molecule has 0 unspecified atom stereocenters. The van der Waals surface area contributed by atoms with Gasteiger partial charge in [0.05, 0.1) is 11.4 Å². The second-order valence-electron chi connectivity index (χ2n) is 16.0. The predicted molar refractivity (Wildman–Crippen MR) is 249 cm³/mol. The first kappa shape index (κ1) is 36.0. The second kappa shape index (κ2) is 14.6. The van der Waals surface area contributed by atoms with Crippen LogP contribution in [0.3, 0.4) is 0 Å². The highest BCUT2D eigenvalue weighted by Crippen LogP contribution is 2.53. The molecule has 1 aliphatic heterocycles. The first-order valence-corrected chi connectivity index (χ1v) is 21.2. The van der Waals surface area contributed by atoms with Crippen molar-refractivity contribution in [1.82, 2.24) is 15.0 Å². The van der Waals surface area contributed by atoms with E-state index in [1.54, 1.807) is 6.20 Å². The third-order valence-electron chi connectivity index (χ3n) is 12.1. The van der Waals surface area contributed by atoms with Gasteiger partial charge in [0, 0.05) is 44.3 Å². The average Bonchev–Trinajstić information content (AvgIpc) is 3.52. The molecule has 0 fully saturated rings. The van der Waals surface area contributed by atoms with Gasteiger partial charge in [0.15, 0.2) is 5.82 Å². The number of aromatic nitrogens is 3. The van der Waals surface area contributed by atoms with Crippen molar-refractivity contribution in [3.05, 3.63) is 211 Å². The van der Waals surface area contributed by atoms with Crippen molar-refractivity contribution < 1.29 is 0 Å². The number of hydrogen-bond acceptors (Lipinski definition) is 4. The van der Waals surface area contributed by atoms with E-state index in [1.165, 1.54) is 54.3 Å². The largest absolute Gasteiger partial charge is 0.264 e. The predicted octanol–water partition coefficient (Wildman–Crippen LogP) is 14.8. The summed E-state index contributed by atoms with van der Waals surface area (Å²) >= 11 is 1.86. The van der Waals surface area contributed by atoms with Crippen molar-refractivity contribution in [3.8, 4) is 78.4 Å². The van der Waals surface area contributed by atoms with Crippen LogP contribution in [0, 0.1) is 0 Å². The molecule has 0 spiro atoms. The standard InChI is InChI=1S/C56H39N3S/c1-56(2)49-20-10-8-18-44(49)47-32-48-46-31-41(29-26-38(46)25-24-37-13-6-7-17-43(37)45-19-9-11-21-53(45)60-54(48)33-50(47)56)52-34-51(39-14-4-3-5-15-39)58-55(59-52)40-27-22-36(23-28-40)42-16-12-30-57-35-42/h3-35H,1-2H3/b25-24-. The lowest BCUT2D eigenvalue weighted by Crippen LogP contribution is -2.15. The number of nitrogens with zero attached hydrogens (tertiary/aromatic N) is 3. The molecule has 284 valence electrons. The molecule has 60 heavy (non-hydrogen) atoms. The van der Waals surface area contributed by atoms with Crippen LogP contribution in [0.15, 0.2) is 198 Å². The zero-order valence-corrected chi connectivity index (χ0v) is 34.1. The van der Waals surface area contributed by atoms with Gasteiger partial charge in [-0.1, -0.05) is 177 Å². The lowest BCUT2D eigenvalue weighted by molar-refractivity contribution is 0.659. The summed E-state index contributed by atoms with van der Waals surface area (Å²) in [5.74, 6) is 0.682. The van der Waals surface area contributed by atoms with Crippen molar-refractivity contribution in [3.63, 3.8) is 0 Å². The van der Waals surface area contributed by atoms with Crippen molar-refractivity contribution in [2.45, 2.75) is 29.1 Å². The highest BCUT2D eigenvalue weighted by molar-refractivity contribution is 7.99. The highest BCUT2D eigenvalue weighted by Gasteiger charge is 2.36. The topological polar surface area (TPSA) is 38.7 Å². The maximum Gasteiger partial charge on any atom is 0.160 e. The molecule has 2 aliphatic rings. The van der Waals surface area contributed by atoms with Gasteiger partial charge in [0.1, 0.15) is 0 Å². The highest BCUT2D eigenvalue weighted by atomic mass is 32.2. The third kappa shape index (κ3) is 6.28. The summed E-state index contributed by atoms with van der Waals surface area (Å²) in [5.41, 5.74) is 19.3. The Kier molecular flexibility index (Phi) is 8.75. The van der Waals surface area contributed by atoms with E-state index in [0.717, 1.165) is 50.3 Å². The van der Waals surface area contributed by atoms with E-state index in [4.69, 9.17) is 9.97 Å². The number of hydrogen-bond donors (Lipinski definition) is 0. The van der Waals surface area contributed by atoms with Gasteiger partial charge in [-0.3, -0.25) is 4.98 Å². The van der Waals surface area contributed by atoms with Crippen LogP contribution in [-0.2, 0) is 5.41 Å². The van der Waals surface area contributed by atoms with Gasteiger partial charge < -0.3 is 0 Å². The Morgan fingerprint density at radius 1 is 0.400 bits per heavy atom. The normalized spacial score (nSPS) is 13.7. The Labute approximate surface area is 355 Å². The lowest BCUT2D eigenvalue weighted by Gasteiger charge is -2.23.